The number of nitrogens with one attached hydrogen (secondary N) is 3. The van der Waals surface area contributed by atoms with Crippen LogP contribution in [-0.4, -0.2) is 173 Å². The van der Waals surface area contributed by atoms with Gasteiger partial charge in [0.15, 0.2) is 0 Å². The number of hydroxylamine groups is 2. The largest absolute Gasteiger partial charge is 0.533 e. The Morgan fingerprint density at radius 2 is 0.862 bits per heavy atom. The van der Waals surface area contributed by atoms with E-state index in [0.29, 0.717) is 80.7 Å². The summed E-state index contributed by atoms with van der Waals surface area (Å²) in [5, 5.41) is 73.9. The zero-order valence-electron chi connectivity index (χ0n) is 68.7. The third-order valence-corrected chi connectivity index (χ3v) is 19.2. The van der Waals surface area contributed by atoms with Crippen LogP contribution in [0.4, 0.5) is 19.2 Å². The van der Waals surface area contributed by atoms with E-state index in [2.05, 4.69) is 86.9 Å². The standard InChI is InChI=1S/C25H42N3O4P.C16H25NO3.C15H23NO4.C10H15NO5.C9H13NO2.C5H12O.CH4S/c1-8-21(7)18-30-25(29)27-23(9-2)24(22-14-11-10-12-15-22)32-33(31-17-13-16-26)28(19(3)4)20(5)6;1-4-12(3)11-20-16(19)17-14(5-2)15(18)13-9-7-6-8-10-13;1-3-11(2)10-20-15(19)16-13(9-17)14(18)12-7-5-4-6-8-12;1-3-7(2)6-15-10(14)16-11-8(12)4-5-9(11)13;10-8(6-11)9(12)7-4-2-1-3-5-7;1-3-5(2)4-6;1-2/h10-12,14-15,19-21,23-24H,8-9,13,17-18H2,1-7H3,(H,27,29);6-10,12,14-15,18H,4-5,11H2,1-3H3,(H,17,19);4-8,11,13-14,17-18H,3,9-10H2,1-2H3,(H,16,19);7H,3-6H2,1-2H3;1-5,8-9,11-12H,6,10H2;5-6H,3-4H2,1-2H3;2H,1H3/i/hD. The molecule has 28 heteroatoms. The molecule has 1 fully saturated rings. The SMILES string of the molecule is CCC(C)CO.CCC(C)COC(=O)NC(CC)C(O)c1ccccc1.CCC(C)COC(=O)NC(CC)C(OP(OCCC#N)N(C(C)C)C(C)C)c1ccccc1.CCC(C)COC(=O)NC(CO)C(O)c1ccccc1.CCC(C)COC(=O)ON1C(=O)CCC1=O.NC(CO)C(O)c1ccccc1.[2H]SC. The molecule has 1 heterocycles. The topological polar surface area (TPSA) is 381 Å². The number of amides is 5. The molecule has 4 aromatic carbocycles. The average Bonchev–Trinajstić information content (AvgIpc) is 0.981. The van der Waals surface area contributed by atoms with E-state index in [1.165, 1.54) is 0 Å². The summed E-state index contributed by atoms with van der Waals surface area (Å²) in [7, 11) is -1.47. The second kappa shape index (κ2) is 63.6. The summed E-state index contributed by atoms with van der Waals surface area (Å²) in [4.78, 5) is 73.7. The molecular weight excluding hydrogens is 1440 g/mol. The van der Waals surface area contributed by atoms with Crippen molar-refractivity contribution >= 4 is 57.3 Å². The second-order valence-electron chi connectivity index (χ2n) is 26.9. The molecule has 4 aromatic rings. The number of benzene rings is 4. The number of carbonyl (C=O) groups excluding carboxylic acids is 6. The minimum absolute atomic E-state index is 0.0808. The van der Waals surface area contributed by atoms with Crippen molar-refractivity contribution in [3.63, 3.8) is 0 Å². The third-order valence-electron chi connectivity index (χ3n) is 17.1. The molecular formula is C81H134N7O19PS. The molecule has 109 heavy (non-hydrogen) atoms. The fourth-order valence-corrected chi connectivity index (χ4v) is 10.8. The molecule has 1 aliphatic rings. The van der Waals surface area contributed by atoms with Crippen molar-refractivity contribution in [2.24, 2.45) is 35.3 Å². The molecule has 0 radical (unpaired) electrons. The van der Waals surface area contributed by atoms with Crippen molar-refractivity contribution in [1.29, 1.82) is 6.39 Å². The summed E-state index contributed by atoms with van der Waals surface area (Å²) >= 11 is 1.000. The number of nitriles is 1. The van der Waals surface area contributed by atoms with Crippen LogP contribution in [0.1, 0.15) is 222 Å². The molecule has 0 spiro atoms. The van der Waals surface area contributed by atoms with Crippen molar-refractivity contribution in [1.82, 2.24) is 25.7 Å². The van der Waals surface area contributed by atoms with Crippen LogP contribution in [0, 0.1) is 40.9 Å². The van der Waals surface area contributed by atoms with Crippen LogP contribution in [0.25, 0.3) is 0 Å². The number of alkyl carbamates (subject to hydrolysis) is 3. The highest BCUT2D eigenvalue weighted by atomic mass is 32.1. The summed E-state index contributed by atoms with van der Waals surface area (Å²) in [6.07, 6.45) is 2.79. The highest BCUT2D eigenvalue weighted by molar-refractivity contribution is 7.79. The highest BCUT2D eigenvalue weighted by Crippen LogP contribution is 2.50. The number of nitrogens with two attached hydrogens (primary N) is 1. The smallest absolute Gasteiger partial charge is 0.449 e. The quantitative estimate of drug-likeness (QED) is 0.00496. The molecule has 0 aliphatic carbocycles. The first-order chi connectivity index (χ1) is 52.4. The van der Waals surface area contributed by atoms with Gasteiger partial charge >= 0.3 is 24.4 Å². The fraction of sp³-hybridized carbons (Fsp3) is 0.617. The van der Waals surface area contributed by atoms with Gasteiger partial charge in [0.05, 0.1) is 95.1 Å². The second-order valence-corrected chi connectivity index (χ2v) is 28.3. The summed E-state index contributed by atoms with van der Waals surface area (Å²) < 4.78 is 41.5. The van der Waals surface area contributed by atoms with E-state index in [-0.39, 0.29) is 68.7 Å². The van der Waals surface area contributed by atoms with Crippen molar-refractivity contribution < 1.29 is 92.2 Å². The van der Waals surface area contributed by atoms with Gasteiger partial charge in [-0.05, 0) is 98.6 Å². The lowest BCUT2D eigenvalue weighted by atomic mass is 10.0. The van der Waals surface area contributed by atoms with E-state index in [4.69, 9.17) is 50.3 Å². The number of carbonyl (C=O) groups is 6. The van der Waals surface area contributed by atoms with Gasteiger partial charge < -0.3 is 80.3 Å². The van der Waals surface area contributed by atoms with Gasteiger partial charge in [-0.15, -0.1) is 0 Å². The first-order valence-electron chi connectivity index (χ1n) is 38.4. The predicted molar refractivity (Wildman–Crippen MR) is 430 cm³/mol. The molecule has 14 atom stereocenters. The Balaban J connectivity index is 0. The Bertz CT molecular complexity index is 2930. The minimum atomic E-state index is -1.47. The molecule has 5 rings (SSSR count). The van der Waals surface area contributed by atoms with Gasteiger partial charge in [-0.25, -0.2) is 23.8 Å². The molecule has 26 nitrogen and oxygen atoms in total. The number of thiol groups is 1. The molecule has 0 aromatic heterocycles. The predicted octanol–water partition coefficient (Wildman–Crippen LogP) is 14.6. The van der Waals surface area contributed by atoms with Gasteiger partial charge in [0, 0.05) is 31.5 Å². The van der Waals surface area contributed by atoms with Crippen molar-refractivity contribution in [3.05, 3.63) is 144 Å². The number of aliphatic hydroxyl groups excluding tert-OH is 6. The zero-order chi connectivity index (χ0) is 83.5. The molecule has 14 unspecified atom stereocenters. The average molecular weight is 1570 g/mol. The lowest BCUT2D eigenvalue weighted by Gasteiger charge is -2.39. The molecule has 5 amide bonds. The number of ether oxygens (including phenoxy) is 4. The maximum absolute atomic E-state index is 12.6. The number of hydrogen-bond acceptors (Lipinski definition) is 23. The highest BCUT2D eigenvalue weighted by Gasteiger charge is 2.36. The van der Waals surface area contributed by atoms with E-state index in [1.54, 1.807) is 42.7 Å². The van der Waals surface area contributed by atoms with Crippen LogP contribution >= 0.6 is 21.1 Å². The Morgan fingerprint density at radius 3 is 1.18 bits per heavy atom. The molecule has 1 aliphatic heterocycles. The lowest BCUT2D eigenvalue weighted by molar-refractivity contribution is -0.177. The summed E-state index contributed by atoms with van der Waals surface area (Å²) in [5.41, 5.74) is 8.56. The van der Waals surface area contributed by atoms with Crippen LogP contribution in [0.15, 0.2) is 121 Å². The van der Waals surface area contributed by atoms with Gasteiger partial charge in [0.25, 0.3) is 20.3 Å². The molecule has 11 N–H and O–H groups in total. The molecule has 1 saturated heterocycles. The normalized spacial score (nSPS) is 15.4. The molecule has 0 saturated carbocycles. The minimum Gasteiger partial charge on any atom is -0.449 e. The van der Waals surface area contributed by atoms with Crippen molar-refractivity contribution in [3.8, 4) is 6.07 Å². The number of hydrogen-bond donors (Lipinski definition) is 11. The Kier molecular flexibility index (Phi) is 59.5. The maximum atomic E-state index is 12.6. The van der Waals surface area contributed by atoms with Crippen LogP contribution < -0.4 is 21.7 Å². The zero-order valence-corrected chi connectivity index (χ0v) is 69.4. The van der Waals surface area contributed by atoms with Crippen LogP contribution in [0.5, 0.6) is 0 Å². The van der Waals surface area contributed by atoms with Crippen molar-refractivity contribution in [2.75, 3.05) is 59.1 Å². The van der Waals surface area contributed by atoms with Gasteiger partial charge in [-0.3, -0.25) is 14.4 Å². The van der Waals surface area contributed by atoms with E-state index in [9.17, 15) is 49.2 Å². The van der Waals surface area contributed by atoms with Gasteiger partial charge in [0.2, 0.25) is 0 Å². The Hall–Kier alpha value is -7.03. The molecule has 618 valence electrons. The van der Waals surface area contributed by atoms with E-state index in [1.807, 2.05) is 140 Å². The van der Waals surface area contributed by atoms with Gasteiger partial charge in [0.1, 0.15) is 13.3 Å². The number of nitrogens with zero attached hydrogens (tertiary/aromatic N) is 3. The maximum Gasteiger partial charge on any atom is 0.533 e. The van der Waals surface area contributed by atoms with E-state index in [0.717, 1.165) is 61.3 Å². The number of imide groups is 1. The van der Waals surface area contributed by atoms with Crippen LogP contribution in [-0.2, 0) is 42.4 Å². The summed E-state index contributed by atoms with van der Waals surface area (Å²) in [6, 6.07) is 37.6. The number of aliphatic hydroxyl groups is 6. The van der Waals surface area contributed by atoms with E-state index >= 15 is 0 Å². The molecule has 0 bridgehead atoms. The summed E-state index contributed by atoms with van der Waals surface area (Å²) in [5.74, 6) is 0.634. The first-order valence-corrected chi connectivity index (χ1v) is 39.9. The fourth-order valence-electron chi connectivity index (χ4n) is 8.99. The van der Waals surface area contributed by atoms with Gasteiger partial charge in [-0.1, -0.05) is 242 Å². The van der Waals surface area contributed by atoms with Gasteiger partial charge in [-0.2, -0.15) is 17.8 Å². The van der Waals surface area contributed by atoms with Crippen LogP contribution in [0.3, 0.4) is 0 Å². The number of rotatable bonds is 38. The summed E-state index contributed by atoms with van der Waals surface area (Å²) in [6.45, 7) is 33.9. The Labute approximate surface area is 658 Å². The van der Waals surface area contributed by atoms with Crippen LogP contribution in [0.2, 0.25) is 0 Å². The third kappa shape index (κ3) is 45.8. The van der Waals surface area contributed by atoms with E-state index < -0.39 is 81.3 Å². The first kappa shape index (κ1) is 102. The lowest BCUT2D eigenvalue weighted by Crippen LogP contribution is -2.42. The Morgan fingerprint density at radius 1 is 0.523 bits per heavy atom. The van der Waals surface area contributed by atoms with Crippen molar-refractivity contribution in [2.45, 2.75) is 236 Å². The monoisotopic (exact) mass is 1570 g/mol.